The largest absolute Gasteiger partial charge is 0.351 e. The molecule has 0 saturated heterocycles. The van der Waals surface area contributed by atoms with E-state index in [0.29, 0.717) is 0 Å². The molecule has 0 aromatic heterocycles. The maximum absolute atomic E-state index is 9.43. The second kappa shape index (κ2) is 11.7. The van der Waals surface area contributed by atoms with Crippen LogP contribution in [0.4, 0.5) is 0 Å². The molecular weight excluding hydrogens is 194 g/mol. The van der Waals surface area contributed by atoms with E-state index in [0.717, 1.165) is 11.7 Å². The Balaban J connectivity index is 0. The van der Waals surface area contributed by atoms with Crippen LogP contribution >= 0.6 is 15.9 Å². The lowest BCUT2D eigenvalue weighted by molar-refractivity contribution is -0.115. The molecule has 0 saturated carbocycles. The van der Waals surface area contributed by atoms with Crippen LogP contribution in [0.15, 0.2) is 0 Å². The summed E-state index contributed by atoms with van der Waals surface area (Å²) in [5, 5.41) is 1.16. The van der Waals surface area contributed by atoms with Crippen LogP contribution in [0.1, 0.15) is 19.8 Å². The smallest absolute Gasteiger partial charge is 0.209 e. The van der Waals surface area contributed by atoms with Gasteiger partial charge in [-0.15, -0.1) is 0 Å². The highest BCUT2D eigenvalue weighted by Gasteiger charge is 1.69. The van der Waals surface area contributed by atoms with Gasteiger partial charge in [0, 0.05) is 19.4 Å². The molecule has 0 spiro atoms. The fraction of sp³-hybridized carbons (Fsp3) is 0.857. The molecule has 0 atom stereocenters. The van der Waals surface area contributed by atoms with Crippen molar-refractivity contribution in [1.29, 1.82) is 0 Å². The van der Waals surface area contributed by atoms with Gasteiger partial charge < -0.3 is 4.90 Å². The van der Waals surface area contributed by atoms with Crippen molar-refractivity contribution in [3.05, 3.63) is 0 Å². The zero-order valence-corrected chi connectivity index (χ0v) is 8.52. The summed E-state index contributed by atoms with van der Waals surface area (Å²) in [5.41, 5.74) is 0. The van der Waals surface area contributed by atoms with Crippen molar-refractivity contribution in [2.24, 2.45) is 0 Å². The fourth-order valence-corrected chi connectivity index (χ4v) is 0.694. The number of alkyl halides is 1. The standard InChI is InChI=1S/C4H9Br.C3H7NO/c1-2-3-4-5;1-4(2)3-5/h2-4H2,1H3;3H,1-2H3. The van der Waals surface area contributed by atoms with E-state index < -0.39 is 0 Å². The highest BCUT2D eigenvalue weighted by atomic mass is 79.9. The molecule has 0 aromatic rings. The Morgan fingerprint density at radius 2 is 1.90 bits per heavy atom. The number of hydrogen-bond donors (Lipinski definition) is 0. The van der Waals surface area contributed by atoms with Gasteiger partial charge in [-0.25, -0.2) is 0 Å². The third kappa shape index (κ3) is 24.6. The normalized spacial score (nSPS) is 7.60. The summed E-state index contributed by atoms with van der Waals surface area (Å²) < 4.78 is 0. The zero-order chi connectivity index (χ0) is 8.41. The van der Waals surface area contributed by atoms with E-state index >= 15 is 0 Å². The molecule has 2 nitrogen and oxygen atoms in total. The van der Waals surface area contributed by atoms with E-state index in [4.69, 9.17) is 0 Å². The van der Waals surface area contributed by atoms with Gasteiger partial charge in [0.05, 0.1) is 0 Å². The topological polar surface area (TPSA) is 20.3 Å². The van der Waals surface area contributed by atoms with Gasteiger partial charge in [0.15, 0.2) is 0 Å². The van der Waals surface area contributed by atoms with Gasteiger partial charge in [0.1, 0.15) is 0 Å². The lowest BCUT2D eigenvalue weighted by Crippen LogP contribution is -2.06. The van der Waals surface area contributed by atoms with Gasteiger partial charge in [0.25, 0.3) is 0 Å². The fourth-order valence-electron chi connectivity index (χ4n) is 0.134. The van der Waals surface area contributed by atoms with Gasteiger partial charge in [-0.3, -0.25) is 4.79 Å². The number of halogens is 1. The number of amides is 1. The third-order valence-electron chi connectivity index (χ3n) is 0.698. The summed E-state index contributed by atoms with van der Waals surface area (Å²) in [6.07, 6.45) is 3.35. The van der Waals surface area contributed by atoms with E-state index in [1.54, 1.807) is 14.1 Å². The number of carbonyl (C=O) groups is 1. The third-order valence-corrected chi connectivity index (χ3v) is 1.26. The van der Waals surface area contributed by atoms with E-state index in [-0.39, 0.29) is 0 Å². The van der Waals surface area contributed by atoms with Crippen molar-refractivity contribution < 1.29 is 4.79 Å². The van der Waals surface area contributed by atoms with Gasteiger partial charge in [0.2, 0.25) is 6.41 Å². The Morgan fingerprint density at radius 1 is 1.50 bits per heavy atom. The zero-order valence-electron chi connectivity index (χ0n) is 6.93. The summed E-state index contributed by atoms with van der Waals surface area (Å²) in [6, 6.07) is 0. The number of hydrogen-bond acceptors (Lipinski definition) is 1. The Hall–Kier alpha value is -0.0500. The van der Waals surface area contributed by atoms with Gasteiger partial charge >= 0.3 is 0 Å². The van der Waals surface area contributed by atoms with Crippen molar-refractivity contribution in [2.75, 3.05) is 19.4 Å². The van der Waals surface area contributed by atoms with Crippen molar-refractivity contribution >= 4 is 22.3 Å². The second-order valence-corrected chi connectivity index (χ2v) is 2.90. The first-order chi connectivity index (χ1) is 4.68. The van der Waals surface area contributed by atoms with Crippen LogP contribution in [-0.2, 0) is 4.79 Å². The average molecular weight is 210 g/mol. The molecule has 0 fully saturated rings. The second-order valence-electron chi connectivity index (χ2n) is 2.11. The Kier molecular flexibility index (Phi) is 14.8. The van der Waals surface area contributed by atoms with Crippen molar-refractivity contribution in [3.63, 3.8) is 0 Å². The molecule has 1 amide bonds. The maximum atomic E-state index is 9.43. The average Bonchev–Trinajstić information content (AvgIpc) is 1.91. The number of unbranched alkanes of at least 4 members (excludes halogenated alkanes) is 1. The summed E-state index contributed by atoms with van der Waals surface area (Å²) in [4.78, 5) is 10.9. The molecule has 0 heterocycles. The summed E-state index contributed by atoms with van der Waals surface area (Å²) in [6.45, 7) is 2.18. The minimum Gasteiger partial charge on any atom is -0.351 e. The van der Waals surface area contributed by atoms with E-state index in [1.165, 1.54) is 17.7 Å². The summed E-state index contributed by atoms with van der Waals surface area (Å²) in [7, 11) is 3.38. The molecule has 0 unspecified atom stereocenters. The maximum Gasteiger partial charge on any atom is 0.209 e. The lowest BCUT2D eigenvalue weighted by Gasteiger charge is -1.93. The first-order valence-corrected chi connectivity index (χ1v) is 4.48. The summed E-state index contributed by atoms with van der Waals surface area (Å²) in [5.74, 6) is 0. The predicted octanol–water partition coefficient (Wildman–Crippen LogP) is 1.89. The van der Waals surface area contributed by atoms with E-state index in [9.17, 15) is 4.79 Å². The monoisotopic (exact) mass is 209 g/mol. The molecule has 0 rings (SSSR count). The van der Waals surface area contributed by atoms with Crippen LogP contribution in [0, 0.1) is 0 Å². The molecular formula is C7H16BrNO. The molecule has 0 N–H and O–H groups in total. The minimum atomic E-state index is 0.750. The quantitative estimate of drug-likeness (QED) is 0.514. The minimum absolute atomic E-state index is 0.750. The Morgan fingerprint density at radius 3 is 1.90 bits per heavy atom. The van der Waals surface area contributed by atoms with Crippen LogP contribution in [0.25, 0.3) is 0 Å². The van der Waals surface area contributed by atoms with Crippen molar-refractivity contribution in [2.45, 2.75) is 19.8 Å². The van der Waals surface area contributed by atoms with Crippen LogP contribution in [0.3, 0.4) is 0 Å². The SMILES string of the molecule is CCCCBr.CN(C)C=O. The van der Waals surface area contributed by atoms with E-state index in [1.807, 2.05) is 0 Å². The first-order valence-electron chi connectivity index (χ1n) is 3.36. The number of nitrogens with zero attached hydrogens (tertiary/aromatic N) is 1. The molecule has 62 valence electrons. The Bertz CT molecular complexity index is 64.6. The molecule has 0 radical (unpaired) electrons. The molecule has 0 aromatic carbocycles. The van der Waals surface area contributed by atoms with Crippen molar-refractivity contribution in [1.82, 2.24) is 4.90 Å². The van der Waals surface area contributed by atoms with E-state index in [2.05, 4.69) is 22.9 Å². The number of rotatable bonds is 3. The highest BCUT2D eigenvalue weighted by molar-refractivity contribution is 9.09. The molecule has 0 aliphatic carbocycles. The van der Waals surface area contributed by atoms with Crippen LogP contribution in [-0.4, -0.2) is 30.7 Å². The van der Waals surface area contributed by atoms with Gasteiger partial charge in [-0.2, -0.15) is 0 Å². The van der Waals surface area contributed by atoms with Gasteiger partial charge in [-0.1, -0.05) is 29.3 Å². The van der Waals surface area contributed by atoms with Crippen LogP contribution in [0.5, 0.6) is 0 Å². The molecule has 0 bridgehead atoms. The van der Waals surface area contributed by atoms with Gasteiger partial charge in [-0.05, 0) is 6.42 Å². The predicted molar refractivity (Wildman–Crippen MR) is 48.5 cm³/mol. The molecule has 0 aliphatic rings. The highest BCUT2D eigenvalue weighted by Crippen LogP contribution is 1.89. The number of carbonyl (C=O) groups excluding carboxylic acids is 1. The molecule has 0 aliphatic heterocycles. The van der Waals surface area contributed by atoms with Crippen LogP contribution in [0.2, 0.25) is 0 Å². The summed E-state index contributed by atoms with van der Waals surface area (Å²) >= 11 is 3.31. The molecule has 10 heavy (non-hydrogen) atoms. The van der Waals surface area contributed by atoms with Crippen molar-refractivity contribution in [3.8, 4) is 0 Å². The van der Waals surface area contributed by atoms with Crippen LogP contribution < -0.4 is 0 Å². The molecule has 3 heteroatoms. The first kappa shape index (κ1) is 12.6. The Labute approximate surface area is 71.7 Å². The lowest BCUT2D eigenvalue weighted by atomic mass is 10.4.